The number of aliphatic hydroxyl groups is 2. The summed E-state index contributed by atoms with van der Waals surface area (Å²) in [5.41, 5.74) is 3.35. The van der Waals surface area contributed by atoms with Crippen LogP contribution in [-0.4, -0.2) is 22.9 Å². The summed E-state index contributed by atoms with van der Waals surface area (Å²) in [4.78, 5) is 0. The molecule has 182 valence electrons. The SMILES string of the molecule is C/C(=C\CC[C@H](C)[C@H]1CC[C@@]2(C)[C@@H]3CC[C@H]4C(C)(C)[C@@H](O)CC[C@@]45C[C@@]35CC[C@]12C)CO. The topological polar surface area (TPSA) is 40.5 Å². The molecule has 2 nitrogen and oxygen atoms in total. The molecule has 2 heteroatoms. The maximum atomic E-state index is 10.8. The van der Waals surface area contributed by atoms with Gasteiger partial charge >= 0.3 is 0 Å². The Bertz CT molecular complexity index is 784. The highest BCUT2D eigenvalue weighted by Gasteiger charge is 2.82. The van der Waals surface area contributed by atoms with E-state index in [0.29, 0.717) is 21.7 Å². The first-order chi connectivity index (χ1) is 15.0. The Balaban J connectivity index is 1.38. The number of rotatable bonds is 5. The zero-order valence-corrected chi connectivity index (χ0v) is 21.8. The van der Waals surface area contributed by atoms with Gasteiger partial charge in [0.2, 0.25) is 0 Å². The van der Waals surface area contributed by atoms with Crippen LogP contribution in [0, 0.1) is 50.7 Å². The zero-order chi connectivity index (χ0) is 23.2. The molecule has 5 saturated carbocycles. The van der Waals surface area contributed by atoms with E-state index in [4.69, 9.17) is 0 Å². The normalized spacial score (nSPS) is 52.4. The maximum absolute atomic E-state index is 10.8. The molecule has 9 atom stereocenters. The third kappa shape index (κ3) is 2.78. The van der Waals surface area contributed by atoms with Crippen molar-refractivity contribution in [3.63, 3.8) is 0 Å². The van der Waals surface area contributed by atoms with Gasteiger partial charge in [-0.2, -0.15) is 0 Å². The standard InChI is InChI=1S/C30H50O2/c1-20(18-31)8-7-9-21(2)22-12-14-28(6)24-11-10-23-26(3,4)25(32)13-15-29(23)19-30(24,29)17-16-27(22,28)5/h8,21-25,31-32H,7,9-19H2,1-6H3/b20-8+/t21-,22+,23-,24-,25-,27+,28-,29+,30-/m0/s1. The molecule has 0 aliphatic heterocycles. The molecule has 32 heavy (non-hydrogen) atoms. The Kier molecular flexibility index (Phi) is 5.36. The van der Waals surface area contributed by atoms with E-state index in [-0.39, 0.29) is 18.1 Å². The average molecular weight is 443 g/mol. The number of hydrogen-bond donors (Lipinski definition) is 2. The minimum atomic E-state index is -0.100. The molecule has 0 aromatic heterocycles. The summed E-state index contributed by atoms with van der Waals surface area (Å²) >= 11 is 0. The second kappa shape index (κ2) is 7.33. The highest BCUT2D eigenvalue weighted by molar-refractivity contribution is 5.30. The van der Waals surface area contributed by atoms with Crippen LogP contribution >= 0.6 is 0 Å². The smallest absolute Gasteiger partial charge is 0.0639 e. The Morgan fingerprint density at radius 2 is 1.59 bits per heavy atom. The lowest BCUT2D eigenvalue weighted by Crippen LogP contribution is -2.57. The van der Waals surface area contributed by atoms with E-state index >= 15 is 0 Å². The monoisotopic (exact) mass is 442 g/mol. The van der Waals surface area contributed by atoms with Gasteiger partial charge in [0.05, 0.1) is 12.7 Å². The van der Waals surface area contributed by atoms with E-state index in [1.54, 1.807) is 0 Å². The summed E-state index contributed by atoms with van der Waals surface area (Å²) in [6, 6.07) is 0. The molecule has 2 N–H and O–H groups in total. The predicted molar refractivity (Wildman–Crippen MR) is 132 cm³/mol. The second-order valence-electron chi connectivity index (χ2n) is 14.3. The molecule has 5 aliphatic carbocycles. The van der Waals surface area contributed by atoms with E-state index in [9.17, 15) is 10.2 Å². The molecular formula is C30H50O2. The van der Waals surface area contributed by atoms with Gasteiger partial charge in [0.25, 0.3) is 0 Å². The molecule has 5 rings (SSSR count). The minimum absolute atomic E-state index is 0.0985. The summed E-state index contributed by atoms with van der Waals surface area (Å²) in [6.45, 7) is 14.9. The fraction of sp³-hybridized carbons (Fsp3) is 0.933. The largest absolute Gasteiger partial charge is 0.393 e. The van der Waals surface area contributed by atoms with Gasteiger partial charge in [0.15, 0.2) is 0 Å². The molecule has 5 fully saturated rings. The van der Waals surface area contributed by atoms with Gasteiger partial charge in [0.1, 0.15) is 0 Å². The molecule has 0 bridgehead atoms. The van der Waals surface area contributed by atoms with Gasteiger partial charge < -0.3 is 10.2 Å². The third-order valence-electron chi connectivity index (χ3n) is 13.2. The minimum Gasteiger partial charge on any atom is -0.393 e. The van der Waals surface area contributed by atoms with Gasteiger partial charge in [-0.1, -0.05) is 46.3 Å². The van der Waals surface area contributed by atoms with Crippen LogP contribution in [0.5, 0.6) is 0 Å². The molecular weight excluding hydrogens is 392 g/mol. The van der Waals surface area contributed by atoms with Crippen LogP contribution in [0.15, 0.2) is 11.6 Å². The van der Waals surface area contributed by atoms with Crippen molar-refractivity contribution < 1.29 is 10.2 Å². The van der Waals surface area contributed by atoms with E-state index < -0.39 is 0 Å². The van der Waals surface area contributed by atoms with Crippen LogP contribution in [0.25, 0.3) is 0 Å². The third-order valence-corrected chi connectivity index (χ3v) is 13.2. The first-order valence-electron chi connectivity index (χ1n) is 13.9. The van der Waals surface area contributed by atoms with Gasteiger partial charge in [0, 0.05) is 0 Å². The molecule has 0 amide bonds. The van der Waals surface area contributed by atoms with Crippen molar-refractivity contribution in [2.24, 2.45) is 50.7 Å². The lowest BCUT2D eigenvalue weighted by atomic mass is 9.41. The number of allylic oxidation sites excluding steroid dienone is 1. The highest BCUT2D eigenvalue weighted by atomic mass is 16.3. The van der Waals surface area contributed by atoms with Crippen molar-refractivity contribution >= 4 is 0 Å². The van der Waals surface area contributed by atoms with Crippen LogP contribution in [0.4, 0.5) is 0 Å². The molecule has 0 radical (unpaired) electrons. The summed E-state index contributed by atoms with van der Waals surface area (Å²) in [5, 5.41) is 20.2. The molecule has 0 unspecified atom stereocenters. The van der Waals surface area contributed by atoms with E-state index in [1.165, 1.54) is 57.8 Å². The van der Waals surface area contributed by atoms with Crippen molar-refractivity contribution in [3.05, 3.63) is 11.6 Å². The molecule has 0 heterocycles. The molecule has 2 spiro atoms. The first kappa shape index (κ1) is 23.4. The van der Waals surface area contributed by atoms with Crippen LogP contribution in [-0.2, 0) is 0 Å². The van der Waals surface area contributed by atoms with Gasteiger partial charge in [-0.3, -0.25) is 0 Å². The van der Waals surface area contributed by atoms with Gasteiger partial charge in [-0.05, 0) is 128 Å². The fourth-order valence-electron chi connectivity index (χ4n) is 11.2. The predicted octanol–water partition coefficient (Wildman–Crippen LogP) is 7.14. The van der Waals surface area contributed by atoms with Crippen molar-refractivity contribution in [2.45, 2.75) is 118 Å². The number of fused-ring (bicyclic) bond motifs is 2. The Morgan fingerprint density at radius 1 is 0.906 bits per heavy atom. The maximum Gasteiger partial charge on any atom is 0.0639 e. The quantitative estimate of drug-likeness (QED) is 0.444. The van der Waals surface area contributed by atoms with E-state index in [2.05, 4.69) is 40.7 Å². The van der Waals surface area contributed by atoms with Crippen LogP contribution in [0.2, 0.25) is 0 Å². The molecule has 5 aliphatic rings. The lowest BCUT2D eigenvalue weighted by Gasteiger charge is -2.63. The Morgan fingerprint density at radius 3 is 2.31 bits per heavy atom. The van der Waals surface area contributed by atoms with Crippen molar-refractivity contribution in [1.29, 1.82) is 0 Å². The van der Waals surface area contributed by atoms with Crippen molar-refractivity contribution in [2.75, 3.05) is 6.61 Å². The fourth-order valence-corrected chi connectivity index (χ4v) is 11.2. The summed E-state index contributed by atoms with van der Waals surface area (Å²) < 4.78 is 0. The van der Waals surface area contributed by atoms with Crippen molar-refractivity contribution in [1.82, 2.24) is 0 Å². The van der Waals surface area contributed by atoms with Gasteiger partial charge in [-0.15, -0.1) is 0 Å². The summed E-state index contributed by atoms with van der Waals surface area (Å²) in [7, 11) is 0. The Hall–Kier alpha value is -0.340. The second-order valence-corrected chi connectivity index (χ2v) is 14.3. The molecule has 0 aromatic rings. The van der Waals surface area contributed by atoms with Crippen LogP contribution in [0.1, 0.15) is 112 Å². The lowest BCUT2D eigenvalue weighted by molar-refractivity contribution is -0.161. The number of aliphatic hydroxyl groups excluding tert-OH is 2. The first-order valence-corrected chi connectivity index (χ1v) is 13.9. The molecule has 0 aromatic carbocycles. The highest BCUT2D eigenvalue weighted by Crippen LogP contribution is 2.89. The zero-order valence-electron chi connectivity index (χ0n) is 21.8. The van der Waals surface area contributed by atoms with Crippen molar-refractivity contribution in [3.8, 4) is 0 Å². The van der Waals surface area contributed by atoms with Crippen LogP contribution < -0.4 is 0 Å². The number of hydrogen-bond acceptors (Lipinski definition) is 2. The van der Waals surface area contributed by atoms with E-state index in [0.717, 1.165) is 42.1 Å². The van der Waals surface area contributed by atoms with Gasteiger partial charge in [-0.25, -0.2) is 0 Å². The average Bonchev–Trinajstić information content (AvgIpc) is 3.33. The van der Waals surface area contributed by atoms with E-state index in [1.807, 2.05) is 6.92 Å². The summed E-state index contributed by atoms with van der Waals surface area (Å²) in [6.07, 6.45) is 16.9. The Labute approximate surface area is 197 Å². The van der Waals surface area contributed by atoms with Crippen LogP contribution in [0.3, 0.4) is 0 Å². The summed E-state index contributed by atoms with van der Waals surface area (Å²) in [5.74, 6) is 3.27. The molecule has 0 saturated heterocycles.